The normalized spacial score (nSPS) is 17.7. The molecular weight excluding hydrogens is 396 g/mol. The lowest BCUT2D eigenvalue weighted by Gasteiger charge is -2.23. The molecule has 1 fully saturated rings. The maximum absolute atomic E-state index is 10.5. The first-order valence-corrected chi connectivity index (χ1v) is 13.2. The van der Waals surface area contributed by atoms with Gasteiger partial charge in [-0.15, -0.1) is 0 Å². The Bertz CT molecular complexity index is 662. The smallest absolute Gasteiger partial charge is 0.290 e. The highest BCUT2D eigenvalue weighted by molar-refractivity contribution is 7.85. The highest BCUT2D eigenvalue weighted by Crippen LogP contribution is 2.14. The van der Waals surface area contributed by atoms with Crippen LogP contribution in [-0.2, 0) is 10.1 Å². The lowest BCUT2D eigenvalue weighted by molar-refractivity contribution is 0.174. The second-order valence-corrected chi connectivity index (χ2v) is 10.0. The van der Waals surface area contributed by atoms with E-state index in [4.69, 9.17) is 4.55 Å². The van der Waals surface area contributed by atoms with E-state index in [0.29, 0.717) is 6.17 Å². The molecular formula is C24H44N2O3S. The van der Waals surface area contributed by atoms with Gasteiger partial charge in [0.1, 0.15) is 0 Å². The minimum Gasteiger partial charge on any atom is -0.290 e. The number of benzene rings is 1. The van der Waals surface area contributed by atoms with Crippen molar-refractivity contribution in [2.24, 2.45) is 0 Å². The van der Waals surface area contributed by atoms with E-state index in [9.17, 15) is 8.42 Å². The maximum Gasteiger partial charge on any atom is 0.294 e. The molecule has 1 unspecified atom stereocenters. The largest absolute Gasteiger partial charge is 0.294 e. The monoisotopic (exact) mass is 440 g/mol. The first kappa shape index (κ1) is 27.1. The molecule has 2 rings (SSSR count). The number of likely N-dealkylation sites (N-methyl/N-ethyl adjacent to an activating group) is 1. The van der Waals surface area contributed by atoms with Gasteiger partial charge in [-0.3, -0.25) is 14.4 Å². The van der Waals surface area contributed by atoms with Gasteiger partial charge in [0.25, 0.3) is 10.1 Å². The molecule has 1 heterocycles. The first-order valence-electron chi connectivity index (χ1n) is 11.7. The molecule has 0 aromatic heterocycles. The van der Waals surface area contributed by atoms with E-state index >= 15 is 0 Å². The van der Waals surface area contributed by atoms with Crippen LogP contribution in [0.1, 0.15) is 83.6 Å². The summed E-state index contributed by atoms with van der Waals surface area (Å²) in [4.78, 5) is 5.02. The third kappa shape index (κ3) is 11.4. The summed E-state index contributed by atoms with van der Waals surface area (Å²) in [6.45, 7) is 10.3. The van der Waals surface area contributed by atoms with Gasteiger partial charge in [-0.05, 0) is 46.0 Å². The van der Waals surface area contributed by atoms with Crippen LogP contribution in [0.2, 0.25) is 0 Å². The Labute approximate surface area is 185 Å². The van der Waals surface area contributed by atoms with E-state index in [2.05, 4.69) is 30.7 Å². The van der Waals surface area contributed by atoms with Gasteiger partial charge < -0.3 is 0 Å². The molecule has 174 valence electrons. The number of nitrogens with zero attached hydrogens (tertiary/aromatic N) is 2. The molecule has 1 atom stereocenters. The van der Waals surface area contributed by atoms with Crippen LogP contribution in [0.15, 0.2) is 29.2 Å². The van der Waals surface area contributed by atoms with E-state index in [1.54, 1.807) is 12.1 Å². The van der Waals surface area contributed by atoms with Crippen LogP contribution >= 0.6 is 0 Å². The third-order valence-corrected chi connectivity index (χ3v) is 6.89. The van der Waals surface area contributed by atoms with Crippen LogP contribution in [-0.4, -0.2) is 55.6 Å². The molecule has 5 nitrogen and oxygen atoms in total. The lowest BCUT2D eigenvalue weighted by Crippen LogP contribution is -2.34. The average molecular weight is 441 g/mol. The quantitative estimate of drug-likeness (QED) is 0.331. The Hall–Kier alpha value is -0.950. The number of unbranched alkanes of at least 4 members (excludes halogenated alkanes) is 9. The zero-order valence-corrected chi connectivity index (χ0v) is 20.5. The van der Waals surface area contributed by atoms with Crippen LogP contribution < -0.4 is 0 Å². The van der Waals surface area contributed by atoms with Crippen molar-refractivity contribution < 1.29 is 13.0 Å². The summed E-state index contributed by atoms with van der Waals surface area (Å²) >= 11 is 0. The van der Waals surface area contributed by atoms with E-state index < -0.39 is 10.1 Å². The van der Waals surface area contributed by atoms with Crippen molar-refractivity contribution in [3.63, 3.8) is 0 Å². The van der Waals surface area contributed by atoms with Gasteiger partial charge in [0.15, 0.2) is 0 Å². The fourth-order valence-corrected chi connectivity index (χ4v) is 4.23. The van der Waals surface area contributed by atoms with Crippen molar-refractivity contribution in [1.82, 2.24) is 9.80 Å². The Morgan fingerprint density at radius 3 is 1.83 bits per heavy atom. The second-order valence-electron chi connectivity index (χ2n) is 8.62. The van der Waals surface area contributed by atoms with Gasteiger partial charge in [0.05, 0.1) is 11.1 Å². The number of rotatable bonds is 12. The number of hydrogen-bond acceptors (Lipinski definition) is 4. The lowest BCUT2D eigenvalue weighted by atomic mass is 10.1. The number of hydrogen-bond donors (Lipinski definition) is 1. The van der Waals surface area contributed by atoms with Crippen molar-refractivity contribution in [3.8, 4) is 0 Å². The van der Waals surface area contributed by atoms with Crippen molar-refractivity contribution in [2.45, 2.75) is 96.0 Å². The molecule has 6 heteroatoms. The van der Waals surface area contributed by atoms with Crippen molar-refractivity contribution in [3.05, 3.63) is 29.8 Å². The zero-order valence-electron chi connectivity index (χ0n) is 19.6. The van der Waals surface area contributed by atoms with Gasteiger partial charge in [-0.1, -0.05) is 82.4 Å². The van der Waals surface area contributed by atoms with E-state index in [-0.39, 0.29) is 4.90 Å². The van der Waals surface area contributed by atoms with Gasteiger partial charge in [-0.25, -0.2) is 0 Å². The van der Waals surface area contributed by atoms with Crippen LogP contribution in [0.3, 0.4) is 0 Å². The second kappa shape index (κ2) is 15.0. The summed E-state index contributed by atoms with van der Waals surface area (Å²) in [5.41, 5.74) is 0.956. The minimum atomic E-state index is -4.02. The Kier molecular flexibility index (Phi) is 13.5. The average Bonchev–Trinajstić information content (AvgIpc) is 3.02. The summed E-state index contributed by atoms with van der Waals surface area (Å²) in [6.07, 6.45) is 15.1. The molecule has 0 radical (unpaired) electrons. The molecule has 1 aromatic rings. The van der Waals surface area contributed by atoms with Crippen molar-refractivity contribution in [1.29, 1.82) is 0 Å². The van der Waals surface area contributed by atoms with Crippen LogP contribution in [0.4, 0.5) is 0 Å². The van der Waals surface area contributed by atoms with Gasteiger partial charge in [0.2, 0.25) is 0 Å². The maximum atomic E-state index is 10.5. The summed E-state index contributed by atoms with van der Waals surface area (Å²) < 4.78 is 29.6. The molecule has 1 aliphatic heterocycles. The number of aryl methyl sites for hydroxylation is 1. The third-order valence-electron chi connectivity index (χ3n) is 6.02. The van der Waals surface area contributed by atoms with Gasteiger partial charge in [0, 0.05) is 13.1 Å². The van der Waals surface area contributed by atoms with Crippen molar-refractivity contribution in [2.75, 3.05) is 26.7 Å². The predicted molar refractivity (Wildman–Crippen MR) is 127 cm³/mol. The van der Waals surface area contributed by atoms with Crippen LogP contribution in [0.5, 0.6) is 0 Å². The molecule has 1 N–H and O–H groups in total. The predicted octanol–water partition coefficient (Wildman–Crippen LogP) is 5.74. The Morgan fingerprint density at radius 1 is 0.900 bits per heavy atom. The van der Waals surface area contributed by atoms with E-state index in [0.717, 1.165) is 5.56 Å². The highest BCUT2D eigenvalue weighted by atomic mass is 32.2. The minimum absolute atomic E-state index is 0.0666. The molecule has 0 spiro atoms. The first-order chi connectivity index (χ1) is 14.3. The standard InChI is InChI=1S/C17H36N2.C7H8O3S/c1-4-5-6-7-8-9-10-11-12-13-14-19-16-15-18(3)17(19)2;1-6-2-4-7(5-3-6)11(8,9)10/h17H,4-16H2,1-3H3;2-5H,1H3,(H,8,9,10). The topological polar surface area (TPSA) is 60.9 Å². The van der Waals surface area contributed by atoms with E-state index in [1.807, 2.05) is 6.92 Å². The molecule has 30 heavy (non-hydrogen) atoms. The summed E-state index contributed by atoms with van der Waals surface area (Å²) in [5.74, 6) is 0. The van der Waals surface area contributed by atoms with Crippen molar-refractivity contribution >= 4 is 10.1 Å². The summed E-state index contributed by atoms with van der Waals surface area (Å²) in [6, 6.07) is 5.99. The molecule has 1 saturated heterocycles. The fraction of sp³-hybridized carbons (Fsp3) is 0.750. The molecule has 0 bridgehead atoms. The van der Waals surface area contributed by atoms with Gasteiger partial charge >= 0.3 is 0 Å². The molecule has 1 aliphatic rings. The molecule has 0 saturated carbocycles. The Balaban J connectivity index is 0.000000346. The molecule has 1 aromatic carbocycles. The highest BCUT2D eigenvalue weighted by Gasteiger charge is 2.23. The molecule has 0 amide bonds. The summed E-state index contributed by atoms with van der Waals surface area (Å²) in [5, 5.41) is 0. The zero-order chi connectivity index (χ0) is 22.4. The Morgan fingerprint density at radius 2 is 1.40 bits per heavy atom. The fourth-order valence-electron chi connectivity index (χ4n) is 3.75. The van der Waals surface area contributed by atoms with Crippen LogP contribution in [0, 0.1) is 6.92 Å². The van der Waals surface area contributed by atoms with Gasteiger partial charge in [-0.2, -0.15) is 8.42 Å². The van der Waals surface area contributed by atoms with Crippen LogP contribution in [0.25, 0.3) is 0 Å². The van der Waals surface area contributed by atoms with E-state index in [1.165, 1.54) is 96.0 Å². The summed E-state index contributed by atoms with van der Waals surface area (Å²) in [7, 11) is -1.78. The molecule has 0 aliphatic carbocycles. The SMILES string of the molecule is CCCCCCCCCCCCN1CCN(C)C1C.Cc1ccc(S(=O)(=O)O)cc1.